The summed E-state index contributed by atoms with van der Waals surface area (Å²) in [6.07, 6.45) is 2.13. The molecule has 1 atom stereocenters. The molecule has 0 spiro atoms. The maximum atomic E-state index is 12.7. The quantitative estimate of drug-likeness (QED) is 0.579. The van der Waals surface area contributed by atoms with Crippen molar-refractivity contribution < 1.29 is 13.2 Å². The van der Waals surface area contributed by atoms with Crippen molar-refractivity contribution in [2.24, 2.45) is 5.92 Å². The van der Waals surface area contributed by atoms with Crippen LogP contribution in [0.4, 0.5) is 5.69 Å². The zero-order valence-corrected chi connectivity index (χ0v) is 17.9. The van der Waals surface area contributed by atoms with E-state index in [1.807, 2.05) is 35.2 Å². The molecule has 8 nitrogen and oxygen atoms in total. The summed E-state index contributed by atoms with van der Waals surface area (Å²) in [7, 11) is -3.52. The largest absolute Gasteiger partial charge is 0.368 e. The van der Waals surface area contributed by atoms with Crippen LogP contribution in [0.3, 0.4) is 0 Å². The molecule has 0 radical (unpaired) electrons. The third kappa shape index (κ3) is 4.03. The first-order valence-electron chi connectivity index (χ1n) is 10.6. The number of hydrogen-bond acceptors (Lipinski definition) is 5. The van der Waals surface area contributed by atoms with Crippen LogP contribution in [0.1, 0.15) is 25.1 Å². The van der Waals surface area contributed by atoms with E-state index >= 15 is 0 Å². The molecular formula is C22H25N5O3S. The fourth-order valence-corrected chi connectivity index (χ4v) is 5.84. The predicted molar refractivity (Wildman–Crippen MR) is 118 cm³/mol. The van der Waals surface area contributed by atoms with Crippen molar-refractivity contribution in [3.8, 4) is 0 Å². The summed E-state index contributed by atoms with van der Waals surface area (Å²) in [4.78, 5) is 22.7. The molecule has 31 heavy (non-hydrogen) atoms. The average Bonchev–Trinajstić information content (AvgIpc) is 3.20. The second-order valence-corrected chi connectivity index (χ2v) is 9.84. The SMILES string of the molecule is O=C(CCc1nc2ccccc2[nH]1)N1CCC(C2Nc3ccccc3S(=O)(=O)N2)CC1. The Bertz CT molecular complexity index is 1180. The highest BCUT2D eigenvalue weighted by molar-refractivity contribution is 7.89. The number of carbonyl (C=O) groups is 1. The summed E-state index contributed by atoms with van der Waals surface area (Å²) in [5.74, 6) is 1.06. The number of rotatable bonds is 4. The molecule has 1 unspecified atom stereocenters. The van der Waals surface area contributed by atoms with Crippen LogP contribution in [0.5, 0.6) is 0 Å². The Morgan fingerprint density at radius 3 is 2.61 bits per heavy atom. The molecule has 1 fully saturated rings. The molecule has 1 amide bonds. The number of sulfonamides is 1. The lowest BCUT2D eigenvalue weighted by molar-refractivity contribution is -0.132. The molecule has 2 aromatic carbocycles. The van der Waals surface area contributed by atoms with Crippen LogP contribution in [0.15, 0.2) is 53.4 Å². The van der Waals surface area contributed by atoms with E-state index in [0.717, 1.165) is 29.7 Å². The highest BCUT2D eigenvalue weighted by Gasteiger charge is 2.35. The number of nitrogens with zero attached hydrogens (tertiary/aromatic N) is 2. The summed E-state index contributed by atoms with van der Waals surface area (Å²) in [6.45, 7) is 1.26. The summed E-state index contributed by atoms with van der Waals surface area (Å²) in [5.41, 5.74) is 2.53. The lowest BCUT2D eigenvalue weighted by Crippen LogP contribution is -2.52. The Kier molecular flexibility index (Phi) is 5.15. The number of nitrogens with one attached hydrogen (secondary N) is 3. The summed E-state index contributed by atoms with van der Waals surface area (Å²) in [5, 5.41) is 3.32. The van der Waals surface area contributed by atoms with Gasteiger partial charge in [0.2, 0.25) is 15.9 Å². The van der Waals surface area contributed by atoms with Crippen molar-refractivity contribution in [1.29, 1.82) is 0 Å². The van der Waals surface area contributed by atoms with Crippen molar-refractivity contribution in [2.45, 2.75) is 36.7 Å². The second kappa shape index (κ2) is 7.97. The zero-order chi connectivity index (χ0) is 21.4. The van der Waals surface area contributed by atoms with Gasteiger partial charge in [-0.1, -0.05) is 24.3 Å². The molecule has 0 saturated carbocycles. The standard InChI is InChI=1S/C22H25N5O3S/c28-21(10-9-20-23-16-5-1-2-6-17(16)24-20)27-13-11-15(12-14-27)22-25-18-7-3-4-8-19(18)31(29,30)26-22/h1-8,15,22,25-26H,9-14H2,(H,23,24). The van der Waals surface area contributed by atoms with Crippen LogP contribution in [-0.2, 0) is 21.2 Å². The molecule has 2 aliphatic heterocycles. The first-order valence-corrected chi connectivity index (χ1v) is 12.1. The van der Waals surface area contributed by atoms with Crippen molar-refractivity contribution in [3.63, 3.8) is 0 Å². The minimum absolute atomic E-state index is 0.112. The number of carbonyl (C=O) groups excluding carboxylic acids is 1. The van der Waals surface area contributed by atoms with E-state index in [-0.39, 0.29) is 22.9 Å². The molecule has 2 aliphatic rings. The highest BCUT2D eigenvalue weighted by Crippen LogP contribution is 2.30. The van der Waals surface area contributed by atoms with Gasteiger partial charge in [-0.05, 0) is 43.0 Å². The normalized spacial score (nSPS) is 20.9. The fourth-order valence-electron chi connectivity index (χ4n) is 4.45. The van der Waals surface area contributed by atoms with Gasteiger partial charge in [0, 0.05) is 25.9 Å². The number of aromatic amines is 1. The minimum atomic E-state index is -3.52. The first kappa shape index (κ1) is 20.0. The van der Waals surface area contributed by atoms with Crippen LogP contribution in [0.25, 0.3) is 11.0 Å². The van der Waals surface area contributed by atoms with Gasteiger partial charge in [0.15, 0.2) is 0 Å². The molecule has 9 heteroatoms. The first-order chi connectivity index (χ1) is 15.0. The molecule has 1 aromatic heterocycles. The second-order valence-electron chi connectivity index (χ2n) is 8.16. The number of para-hydroxylation sites is 3. The van der Waals surface area contributed by atoms with E-state index < -0.39 is 10.0 Å². The Labute approximate surface area is 181 Å². The van der Waals surface area contributed by atoms with E-state index in [9.17, 15) is 13.2 Å². The molecule has 5 rings (SSSR count). The van der Waals surface area contributed by atoms with Gasteiger partial charge in [0.25, 0.3) is 0 Å². The van der Waals surface area contributed by atoms with E-state index in [2.05, 4.69) is 20.0 Å². The van der Waals surface area contributed by atoms with Crippen molar-refractivity contribution in [1.82, 2.24) is 19.6 Å². The summed E-state index contributed by atoms with van der Waals surface area (Å²) < 4.78 is 27.9. The predicted octanol–water partition coefficient (Wildman–Crippen LogP) is 2.46. The molecule has 3 N–H and O–H groups in total. The maximum absolute atomic E-state index is 12.7. The van der Waals surface area contributed by atoms with Crippen LogP contribution >= 0.6 is 0 Å². The number of hydrogen-bond donors (Lipinski definition) is 3. The molecule has 0 bridgehead atoms. The van der Waals surface area contributed by atoms with Crippen molar-refractivity contribution in [3.05, 3.63) is 54.4 Å². The third-order valence-electron chi connectivity index (χ3n) is 6.15. The Morgan fingerprint density at radius 2 is 1.81 bits per heavy atom. The smallest absolute Gasteiger partial charge is 0.244 e. The lowest BCUT2D eigenvalue weighted by Gasteiger charge is -2.38. The van der Waals surface area contributed by atoms with Crippen molar-refractivity contribution in [2.75, 3.05) is 18.4 Å². The van der Waals surface area contributed by atoms with Gasteiger partial charge in [-0.25, -0.2) is 13.4 Å². The molecule has 3 heterocycles. The molecule has 1 saturated heterocycles. The number of aromatic nitrogens is 2. The lowest BCUT2D eigenvalue weighted by atomic mass is 9.93. The summed E-state index contributed by atoms with van der Waals surface area (Å²) >= 11 is 0. The van der Waals surface area contributed by atoms with Crippen LogP contribution < -0.4 is 10.0 Å². The number of fused-ring (bicyclic) bond motifs is 2. The number of amides is 1. The number of aryl methyl sites for hydroxylation is 1. The zero-order valence-electron chi connectivity index (χ0n) is 17.0. The molecule has 162 valence electrons. The van der Waals surface area contributed by atoms with Gasteiger partial charge in [-0.3, -0.25) is 4.79 Å². The fraction of sp³-hybridized carbons (Fsp3) is 0.364. The Balaban J connectivity index is 1.16. The average molecular weight is 440 g/mol. The van der Waals surface area contributed by atoms with E-state index in [4.69, 9.17) is 0 Å². The minimum Gasteiger partial charge on any atom is -0.368 e. The van der Waals surface area contributed by atoms with Crippen molar-refractivity contribution >= 4 is 32.7 Å². The Hall–Kier alpha value is -2.91. The number of likely N-dealkylation sites (tertiary alicyclic amines) is 1. The number of benzene rings is 2. The van der Waals surface area contributed by atoms with Gasteiger partial charge in [-0.2, -0.15) is 4.72 Å². The topological polar surface area (TPSA) is 107 Å². The molecule has 0 aliphatic carbocycles. The maximum Gasteiger partial charge on any atom is 0.244 e. The monoisotopic (exact) mass is 439 g/mol. The third-order valence-corrected chi connectivity index (χ3v) is 7.65. The van der Waals surface area contributed by atoms with Gasteiger partial charge < -0.3 is 15.2 Å². The molecule has 3 aromatic rings. The van der Waals surface area contributed by atoms with E-state index in [1.54, 1.807) is 18.2 Å². The van der Waals surface area contributed by atoms with Gasteiger partial charge in [-0.15, -0.1) is 0 Å². The van der Waals surface area contributed by atoms with Crippen LogP contribution in [-0.4, -0.2) is 48.4 Å². The summed E-state index contributed by atoms with van der Waals surface area (Å²) in [6, 6.07) is 14.8. The Morgan fingerprint density at radius 1 is 1.06 bits per heavy atom. The number of H-pyrrole nitrogens is 1. The molecular weight excluding hydrogens is 414 g/mol. The van der Waals surface area contributed by atoms with Gasteiger partial charge in [0.1, 0.15) is 10.7 Å². The number of imidazole rings is 1. The van der Waals surface area contributed by atoms with E-state index in [0.29, 0.717) is 31.6 Å². The highest BCUT2D eigenvalue weighted by atomic mass is 32.2. The number of piperidine rings is 1. The van der Waals surface area contributed by atoms with Crippen LogP contribution in [0, 0.1) is 5.92 Å². The van der Waals surface area contributed by atoms with Gasteiger partial charge >= 0.3 is 0 Å². The van der Waals surface area contributed by atoms with Crippen LogP contribution in [0.2, 0.25) is 0 Å². The number of anilines is 1. The van der Waals surface area contributed by atoms with E-state index in [1.165, 1.54) is 0 Å². The van der Waals surface area contributed by atoms with Gasteiger partial charge in [0.05, 0.1) is 22.9 Å².